The average molecular weight is 249 g/mol. The third-order valence-corrected chi connectivity index (χ3v) is 2.72. The number of hydrogen-bond acceptors (Lipinski definition) is 6. The van der Waals surface area contributed by atoms with Crippen LogP contribution in [0.5, 0.6) is 0 Å². The summed E-state index contributed by atoms with van der Waals surface area (Å²) in [5, 5.41) is 28.0. The molecule has 5 N–H and O–H groups in total. The molecule has 7 heteroatoms. The lowest BCUT2D eigenvalue weighted by molar-refractivity contribution is -0.266. The van der Waals surface area contributed by atoms with Gasteiger partial charge in [0.15, 0.2) is 6.29 Å². The van der Waals surface area contributed by atoms with Crippen molar-refractivity contribution in [2.24, 2.45) is 5.73 Å². The molecular weight excluding hydrogens is 230 g/mol. The Labute approximate surface area is 99.1 Å². The normalized spacial score (nSPS) is 35.5. The Morgan fingerprint density at radius 2 is 2.24 bits per heavy atom. The van der Waals surface area contributed by atoms with Crippen LogP contribution in [0.3, 0.4) is 0 Å². The van der Waals surface area contributed by atoms with Gasteiger partial charge in [0.25, 0.3) is 0 Å². The monoisotopic (exact) mass is 249 g/mol. The van der Waals surface area contributed by atoms with E-state index in [-0.39, 0.29) is 6.42 Å². The van der Waals surface area contributed by atoms with E-state index in [9.17, 15) is 15.0 Å². The molecule has 1 rings (SSSR count). The average Bonchev–Trinajstić information content (AvgIpc) is 2.29. The van der Waals surface area contributed by atoms with Gasteiger partial charge >= 0.3 is 0 Å². The minimum Gasteiger partial charge on any atom is -0.394 e. The van der Waals surface area contributed by atoms with Crippen molar-refractivity contribution in [2.45, 2.75) is 50.5 Å². The number of primary amides is 1. The summed E-state index contributed by atoms with van der Waals surface area (Å²) in [6.07, 6.45) is -4.39. The van der Waals surface area contributed by atoms with Crippen molar-refractivity contribution in [3.05, 3.63) is 0 Å². The van der Waals surface area contributed by atoms with Crippen LogP contribution in [-0.2, 0) is 14.3 Å². The molecule has 5 atom stereocenters. The SMILES string of the molecule is CC[C@H](O[C@H]1C[C@@H](O)[C@@H](O)[C@@H](CO)O1)C(N)=O. The van der Waals surface area contributed by atoms with Gasteiger partial charge in [-0.2, -0.15) is 0 Å². The lowest BCUT2D eigenvalue weighted by Crippen LogP contribution is -2.51. The molecule has 0 bridgehead atoms. The highest BCUT2D eigenvalue weighted by molar-refractivity contribution is 5.78. The Morgan fingerprint density at radius 3 is 2.71 bits per heavy atom. The van der Waals surface area contributed by atoms with Gasteiger partial charge in [-0.1, -0.05) is 6.92 Å². The summed E-state index contributed by atoms with van der Waals surface area (Å²) in [6.45, 7) is 1.29. The summed E-state index contributed by atoms with van der Waals surface area (Å²) < 4.78 is 10.5. The topological polar surface area (TPSA) is 122 Å². The zero-order chi connectivity index (χ0) is 13.0. The number of rotatable bonds is 5. The van der Waals surface area contributed by atoms with Gasteiger partial charge in [-0.25, -0.2) is 0 Å². The first-order valence-corrected chi connectivity index (χ1v) is 5.56. The highest BCUT2D eigenvalue weighted by atomic mass is 16.7. The van der Waals surface area contributed by atoms with Crippen LogP contribution < -0.4 is 5.73 Å². The van der Waals surface area contributed by atoms with Gasteiger partial charge < -0.3 is 30.5 Å². The molecule has 100 valence electrons. The number of ether oxygens (including phenoxy) is 2. The molecule has 0 aromatic rings. The molecule has 1 amide bonds. The Hall–Kier alpha value is -0.730. The van der Waals surface area contributed by atoms with E-state index < -0.39 is 43.2 Å². The molecule has 0 saturated carbocycles. The van der Waals surface area contributed by atoms with Crippen molar-refractivity contribution in [2.75, 3.05) is 6.61 Å². The molecule has 1 heterocycles. The summed E-state index contributed by atoms with van der Waals surface area (Å²) in [5.74, 6) is -0.614. The van der Waals surface area contributed by atoms with Gasteiger partial charge in [-0.3, -0.25) is 4.79 Å². The van der Waals surface area contributed by atoms with Crippen LogP contribution in [0.4, 0.5) is 0 Å². The molecule has 0 aromatic heterocycles. The molecule has 1 aliphatic heterocycles. The Balaban J connectivity index is 2.57. The third-order valence-electron chi connectivity index (χ3n) is 2.72. The molecule has 7 nitrogen and oxygen atoms in total. The lowest BCUT2D eigenvalue weighted by Gasteiger charge is -2.37. The van der Waals surface area contributed by atoms with Crippen molar-refractivity contribution in [1.29, 1.82) is 0 Å². The second-order valence-corrected chi connectivity index (χ2v) is 4.02. The van der Waals surface area contributed by atoms with Gasteiger partial charge in [0, 0.05) is 6.42 Å². The first-order chi connectivity index (χ1) is 7.99. The highest BCUT2D eigenvalue weighted by Gasteiger charge is 2.38. The van der Waals surface area contributed by atoms with E-state index in [1.54, 1.807) is 6.92 Å². The number of aliphatic hydroxyl groups is 3. The molecule has 17 heavy (non-hydrogen) atoms. The molecule has 1 saturated heterocycles. The maximum atomic E-state index is 11.0. The van der Waals surface area contributed by atoms with Crippen LogP contribution in [-0.4, -0.2) is 58.5 Å². The standard InChI is InChI=1S/C10H19NO6/c1-2-6(10(11)15)16-8-3-5(13)9(14)7(4-12)17-8/h5-9,12-14H,2-4H2,1H3,(H2,11,15)/t5-,6+,7-,8-,9-/m1/s1. The predicted molar refractivity (Wildman–Crippen MR) is 56.7 cm³/mol. The number of carbonyl (C=O) groups excluding carboxylic acids is 1. The minimum absolute atomic E-state index is 0.0292. The van der Waals surface area contributed by atoms with E-state index in [1.165, 1.54) is 0 Å². The maximum absolute atomic E-state index is 11.0. The third kappa shape index (κ3) is 3.62. The van der Waals surface area contributed by atoms with E-state index >= 15 is 0 Å². The van der Waals surface area contributed by atoms with Gasteiger partial charge in [0.2, 0.25) is 5.91 Å². The summed E-state index contributed by atoms with van der Waals surface area (Å²) in [6, 6.07) is 0. The van der Waals surface area contributed by atoms with E-state index in [1.807, 2.05) is 0 Å². The number of carbonyl (C=O) groups is 1. The van der Waals surface area contributed by atoms with Gasteiger partial charge in [0.05, 0.1) is 12.7 Å². The highest BCUT2D eigenvalue weighted by Crippen LogP contribution is 2.22. The Bertz CT molecular complexity index is 261. The van der Waals surface area contributed by atoms with Crippen LogP contribution in [0, 0.1) is 0 Å². The first kappa shape index (κ1) is 14.3. The predicted octanol–water partition coefficient (Wildman–Crippen LogP) is -1.90. The van der Waals surface area contributed by atoms with Crippen molar-refractivity contribution >= 4 is 5.91 Å². The van der Waals surface area contributed by atoms with Gasteiger partial charge in [-0.05, 0) is 6.42 Å². The minimum atomic E-state index is -1.16. The van der Waals surface area contributed by atoms with Gasteiger partial charge in [0.1, 0.15) is 18.3 Å². The molecule has 0 unspecified atom stereocenters. The molecule has 0 radical (unpaired) electrons. The van der Waals surface area contributed by atoms with Crippen LogP contribution >= 0.6 is 0 Å². The summed E-state index contributed by atoms with van der Waals surface area (Å²) in [5.41, 5.74) is 5.11. The molecule has 0 spiro atoms. The van der Waals surface area contributed by atoms with Gasteiger partial charge in [-0.15, -0.1) is 0 Å². The quantitative estimate of drug-likeness (QED) is 0.451. The summed E-state index contributed by atoms with van der Waals surface area (Å²) in [7, 11) is 0. The number of hydrogen-bond donors (Lipinski definition) is 4. The second kappa shape index (κ2) is 6.27. The zero-order valence-electron chi connectivity index (χ0n) is 9.65. The number of aliphatic hydroxyl groups excluding tert-OH is 3. The smallest absolute Gasteiger partial charge is 0.246 e. The van der Waals surface area contributed by atoms with E-state index in [2.05, 4.69) is 0 Å². The van der Waals surface area contributed by atoms with E-state index in [4.69, 9.17) is 20.3 Å². The van der Waals surface area contributed by atoms with Crippen molar-refractivity contribution < 1.29 is 29.6 Å². The van der Waals surface area contributed by atoms with Crippen molar-refractivity contribution in [1.82, 2.24) is 0 Å². The summed E-state index contributed by atoms with van der Waals surface area (Å²) in [4.78, 5) is 11.0. The van der Waals surface area contributed by atoms with Crippen molar-refractivity contribution in [3.8, 4) is 0 Å². The molecular formula is C10H19NO6. The largest absolute Gasteiger partial charge is 0.394 e. The van der Waals surface area contributed by atoms with Crippen LogP contribution in [0.1, 0.15) is 19.8 Å². The molecule has 1 aliphatic rings. The molecule has 0 aliphatic carbocycles. The Morgan fingerprint density at radius 1 is 1.59 bits per heavy atom. The zero-order valence-corrected chi connectivity index (χ0v) is 9.65. The van der Waals surface area contributed by atoms with Crippen molar-refractivity contribution in [3.63, 3.8) is 0 Å². The van der Waals surface area contributed by atoms with Crippen LogP contribution in [0.25, 0.3) is 0 Å². The van der Waals surface area contributed by atoms with Crippen LogP contribution in [0.2, 0.25) is 0 Å². The number of amides is 1. The fraction of sp³-hybridized carbons (Fsp3) is 0.900. The Kier molecular flexibility index (Phi) is 5.29. The lowest BCUT2D eigenvalue weighted by atomic mass is 10.0. The first-order valence-electron chi connectivity index (χ1n) is 5.56. The molecule has 0 aromatic carbocycles. The summed E-state index contributed by atoms with van der Waals surface area (Å²) >= 11 is 0. The molecule has 1 fully saturated rings. The second-order valence-electron chi connectivity index (χ2n) is 4.02. The maximum Gasteiger partial charge on any atom is 0.246 e. The fourth-order valence-corrected chi connectivity index (χ4v) is 1.70. The van der Waals surface area contributed by atoms with E-state index in [0.717, 1.165) is 0 Å². The number of nitrogens with two attached hydrogens (primary N) is 1. The van der Waals surface area contributed by atoms with E-state index in [0.29, 0.717) is 6.42 Å². The van der Waals surface area contributed by atoms with Crippen LogP contribution in [0.15, 0.2) is 0 Å². The fourth-order valence-electron chi connectivity index (χ4n) is 1.70.